The molecule has 0 saturated heterocycles. The SMILES string of the molecule is O=C(Cc1ccc(O)cc1)NCCNC1CCCCCC1. The minimum atomic E-state index is 0.0309. The molecule has 4 heteroatoms. The normalized spacial score (nSPS) is 16.4. The fourth-order valence-corrected chi connectivity index (χ4v) is 2.82. The van der Waals surface area contributed by atoms with Gasteiger partial charge in [0.25, 0.3) is 0 Å². The molecular weight excluding hydrogens is 264 g/mol. The third kappa shape index (κ3) is 6.17. The molecule has 0 heterocycles. The average Bonchev–Trinajstić information content (AvgIpc) is 2.75. The van der Waals surface area contributed by atoms with Crippen molar-refractivity contribution in [1.82, 2.24) is 10.6 Å². The lowest BCUT2D eigenvalue weighted by Crippen LogP contribution is -2.37. The molecule has 1 aromatic rings. The number of amides is 1. The third-order valence-electron chi connectivity index (χ3n) is 4.04. The fourth-order valence-electron chi connectivity index (χ4n) is 2.82. The van der Waals surface area contributed by atoms with E-state index in [1.165, 1.54) is 38.5 Å². The molecule has 0 unspecified atom stereocenters. The molecule has 2 rings (SSSR count). The summed E-state index contributed by atoms with van der Waals surface area (Å²) in [4.78, 5) is 11.8. The second-order valence-corrected chi connectivity index (χ2v) is 5.84. The third-order valence-corrected chi connectivity index (χ3v) is 4.04. The highest BCUT2D eigenvalue weighted by molar-refractivity contribution is 5.78. The molecule has 0 spiro atoms. The molecule has 0 aromatic heterocycles. The van der Waals surface area contributed by atoms with Crippen molar-refractivity contribution < 1.29 is 9.90 Å². The number of rotatable bonds is 6. The van der Waals surface area contributed by atoms with E-state index in [0.29, 0.717) is 19.0 Å². The molecular formula is C17H26N2O2. The summed E-state index contributed by atoms with van der Waals surface area (Å²) in [5, 5.41) is 15.7. The first kappa shape index (κ1) is 15.8. The van der Waals surface area contributed by atoms with E-state index in [1.807, 2.05) is 0 Å². The van der Waals surface area contributed by atoms with Crippen LogP contribution < -0.4 is 10.6 Å². The number of hydrogen-bond donors (Lipinski definition) is 3. The first-order valence-corrected chi connectivity index (χ1v) is 8.02. The minimum Gasteiger partial charge on any atom is -0.508 e. The lowest BCUT2D eigenvalue weighted by molar-refractivity contribution is -0.120. The Morgan fingerprint density at radius 1 is 1.05 bits per heavy atom. The molecule has 1 aromatic carbocycles. The number of aromatic hydroxyl groups is 1. The van der Waals surface area contributed by atoms with E-state index in [9.17, 15) is 9.90 Å². The Hall–Kier alpha value is -1.55. The van der Waals surface area contributed by atoms with Crippen LogP contribution >= 0.6 is 0 Å². The van der Waals surface area contributed by atoms with Gasteiger partial charge in [0, 0.05) is 19.1 Å². The molecule has 1 amide bonds. The topological polar surface area (TPSA) is 61.4 Å². The molecule has 1 saturated carbocycles. The Bertz CT molecular complexity index is 423. The van der Waals surface area contributed by atoms with Gasteiger partial charge in [-0.05, 0) is 30.5 Å². The highest BCUT2D eigenvalue weighted by Crippen LogP contribution is 2.16. The number of phenols is 1. The maximum atomic E-state index is 11.8. The second-order valence-electron chi connectivity index (χ2n) is 5.84. The van der Waals surface area contributed by atoms with E-state index in [0.717, 1.165) is 12.1 Å². The van der Waals surface area contributed by atoms with Crippen LogP contribution in [0.15, 0.2) is 24.3 Å². The van der Waals surface area contributed by atoms with Gasteiger partial charge in [-0.3, -0.25) is 4.79 Å². The Labute approximate surface area is 126 Å². The lowest BCUT2D eigenvalue weighted by atomic mass is 10.1. The first-order chi connectivity index (χ1) is 10.2. The largest absolute Gasteiger partial charge is 0.508 e. The number of carbonyl (C=O) groups excluding carboxylic acids is 1. The van der Waals surface area contributed by atoms with E-state index >= 15 is 0 Å². The molecule has 21 heavy (non-hydrogen) atoms. The van der Waals surface area contributed by atoms with Crippen molar-refractivity contribution in [2.24, 2.45) is 0 Å². The maximum Gasteiger partial charge on any atom is 0.224 e. The molecule has 0 radical (unpaired) electrons. The van der Waals surface area contributed by atoms with Crippen LogP contribution in [0.3, 0.4) is 0 Å². The van der Waals surface area contributed by atoms with Crippen LogP contribution in [0.4, 0.5) is 0 Å². The zero-order valence-corrected chi connectivity index (χ0v) is 12.6. The molecule has 116 valence electrons. The maximum absolute atomic E-state index is 11.8. The van der Waals surface area contributed by atoms with Gasteiger partial charge < -0.3 is 15.7 Å². The number of phenolic OH excluding ortho intramolecular Hbond substituents is 1. The van der Waals surface area contributed by atoms with Gasteiger partial charge in [0.05, 0.1) is 6.42 Å². The van der Waals surface area contributed by atoms with Gasteiger partial charge in [-0.15, -0.1) is 0 Å². The summed E-state index contributed by atoms with van der Waals surface area (Å²) in [5.74, 6) is 0.259. The lowest BCUT2D eigenvalue weighted by Gasteiger charge is -2.16. The Balaban J connectivity index is 1.59. The van der Waals surface area contributed by atoms with Crippen molar-refractivity contribution in [2.75, 3.05) is 13.1 Å². The highest BCUT2D eigenvalue weighted by Gasteiger charge is 2.11. The van der Waals surface area contributed by atoms with Crippen LogP contribution in [-0.2, 0) is 11.2 Å². The summed E-state index contributed by atoms with van der Waals surface area (Å²) in [5.41, 5.74) is 0.919. The molecule has 1 fully saturated rings. The van der Waals surface area contributed by atoms with E-state index in [1.54, 1.807) is 24.3 Å². The van der Waals surface area contributed by atoms with Crippen LogP contribution in [0.2, 0.25) is 0 Å². The number of nitrogens with one attached hydrogen (secondary N) is 2. The van der Waals surface area contributed by atoms with Crippen LogP contribution in [0.25, 0.3) is 0 Å². The summed E-state index contributed by atoms with van der Waals surface area (Å²) < 4.78 is 0. The van der Waals surface area contributed by atoms with Crippen molar-refractivity contribution in [3.05, 3.63) is 29.8 Å². The first-order valence-electron chi connectivity index (χ1n) is 8.02. The van der Waals surface area contributed by atoms with Crippen LogP contribution in [-0.4, -0.2) is 30.1 Å². The fraction of sp³-hybridized carbons (Fsp3) is 0.588. The second kappa shape index (κ2) is 8.67. The Morgan fingerprint density at radius 2 is 1.71 bits per heavy atom. The monoisotopic (exact) mass is 290 g/mol. The molecule has 1 aliphatic rings. The van der Waals surface area contributed by atoms with Crippen LogP contribution in [0, 0.1) is 0 Å². The predicted octanol–water partition coefficient (Wildman–Crippen LogP) is 2.36. The standard InChI is InChI=1S/C17H26N2O2/c20-16-9-7-14(8-10-16)13-17(21)19-12-11-18-15-5-3-1-2-4-6-15/h7-10,15,18,20H,1-6,11-13H2,(H,19,21). The summed E-state index contributed by atoms with van der Waals surface area (Å²) >= 11 is 0. The van der Waals surface area contributed by atoms with E-state index < -0.39 is 0 Å². The molecule has 0 atom stereocenters. The summed E-state index contributed by atoms with van der Waals surface area (Å²) in [6.45, 7) is 1.51. The molecule has 4 nitrogen and oxygen atoms in total. The highest BCUT2D eigenvalue weighted by atomic mass is 16.3. The van der Waals surface area contributed by atoms with Gasteiger partial charge in [0.15, 0.2) is 0 Å². The van der Waals surface area contributed by atoms with Crippen molar-refractivity contribution in [3.8, 4) is 5.75 Å². The van der Waals surface area contributed by atoms with Crippen LogP contribution in [0.1, 0.15) is 44.1 Å². The van der Waals surface area contributed by atoms with Gasteiger partial charge in [0.2, 0.25) is 5.91 Å². The predicted molar refractivity (Wildman–Crippen MR) is 84.3 cm³/mol. The Morgan fingerprint density at radius 3 is 2.38 bits per heavy atom. The number of hydrogen-bond acceptors (Lipinski definition) is 3. The summed E-state index contributed by atoms with van der Waals surface area (Å²) in [7, 11) is 0. The van der Waals surface area contributed by atoms with E-state index in [4.69, 9.17) is 0 Å². The minimum absolute atomic E-state index is 0.0309. The van der Waals surface area contributed by atoms with Gasteiger partial charge >= 0.3 is 0 Å². The van der Waals surface area contributed by atoms with Gasteiger partial charge in [-0.2, -0.15) is 0 Å². The van der Waals surface area contributed by atoms with Gasteiger partial charge in [0.1, 0.15) is 5.75 Å². The van der Waals surface area contributed by atoms with Crippen molar-refractivity contribution >= 4 is 5.91 Å². The zero-order valence-electron chi connectivity index (χ0n) is 12.6. The van der Waals surface area contributed by atoms with Gasteiger partial charge in [-0.25, -0.2) is 0 Å². The Kier molecular flexibility index (Phi) is 6.54. The van der Waals surface area contributed by atoms with E-state index in [-0.39, 0.29) is 11.7 Å². The number of benzene rings is 1. The molecule has 0 bridgehead atoms. The quantitative estimate of drug-likeness (QED) is 0.557. The molecule has 3 N–H and O–H groups in total. The zero-order chi connectivity index (χ0) is 14.9. The smallest absolute Gasteiger partial charge is 0.224 e. The summed E-state index contributed by atoms with van der Waals surface area (Å²) in [6.07, 6.45) is 8.27. The summed E-state index contributed by atoms with van der Waals surface area (Å²) in [6, 6.07) is 7.39. The number of carbonyl (C=O) groups is 1. The van der Waals surface area contributed by atoms with Crippen molar-refractivity contribution in [3.63, 3.8) is 0 Å². The van der Waals surface area contributed by atoms with Crippen LogP contribution in [0.5, 0.6) is 5.75 Å². The average molecular weight is 290 g/mol. The molecule has 0 aliphatic heterocycles. The van der Waals surface area contributed by atoms with Crippen molar-refractivity contribution in [2.45, 2.75) is 51.0 Å². The van der Waals surface area contributed by atoms with E-state index in [2.05, 4.69) is 10.6 Å². The van der Waals surface area contributed by atoms with Gasteiger partial charge in [-0.1, -0.05) is 37.8 Å². The van der Waals surface area contributed by atoms with Crippen molar-refractivity contribution in [1.29, 1.82) is 0 Å². The molecule has 1 aliphatic carbocycles.